The van der Waals surface area contributed by atoms with Crippen LogP contribution in [-0.2, 0) is 4.74 Å². The summed E-state index contributed by atoms with van der Waals surface area (Å²) in [7, 11) is 0. The summed E-state index contributed by atoms with van der Waals surface area (Å²) in [6, 6.07) is 23.8. The minimum atomic E-state index is -0.239. The van der Waals surface area contributed by atoms with Crippen molar-refractivity contribution in [3.63, 3.8) is 0 Å². The molecule has 0 heterocycles. The number of fused-ring (bicyclic) bond motifs is 1. The largest absolute Gasteiger partial charge is 0.462 e. The molecule has 3 aromatic carbocycles. The minimum absolute atomic E-state index is 0.239. The van der Waals surface area contributed by atoms with E-state index in [1.165, 1.54) is 34.9 Å². The van der Waals surface area contributed by atoms with Crippen molar-refractivity contribution < 1.29 is 9.53 Å². The highest BCUT2D eigenvalue weighted by atomic mass is 16.5. The summed E-state index contributed by atoms with van der Waals surface area (Å²) in [4.78, 5) is 14.5. The fourth-order valence-corrected chi connectivity index (χ4v) is 4.73. The lowest BCUT2D eigenvalue weighted by atomic mass is 9.96. The van der Waals surface area contributed by atoms with Crippen molar-refractivity contribution in [3.05, 3.63) is 77.9 Å². The van der Waals surface area contributed by atoms with E-state index in [2.05, 4.69) is 66.4 Å². The number of benzene rings is 3. The Balaban J connectivity index is 1.52. The number of nitrogens with zero attached hydrogens (tertiary/aromatic N) is 1. The molecule has 4 rings (SSSR count). The van der Waals surface area contributed by atoms with E-state index < -0.39 is 0 Å². The van der Waals surface area contributed by atoms with Gasteiger partial charge in [0.05, 0.1) is 12.2 Å². The molecule has 3 aromatic rings. The number of hydrogen-bond acceptors (Lipinski definition) is 3. The Kier molecular flexibility index (Phi) is 5.84. The van der Waals surface area contributed by atoms with Gasteiger partial charge < -0.3 is 9.64 Å². The lowest BCUT2D eigenvalue weighted by Crippen LogP contribution is -2.33. The topological polar surface area (TPSA) is 29.5 Å². The van der Waals surface area contributed by atoms with Gasteiger partial charge in [-0.05, 0) is 68.2 Å². The molecule has 3 nitrogen and oxygen atoms in total. The maximum atomic E-state index is 11.9. The molecule has 1 aliphatic carbocycles. The quantitative estimate of drug-likeness (QED) is 0.473. The van der Waals surface area contributed by atoms with Crippen LogP contribution < -0.4 is 4.90 Å². The summed E-state index contributed by atoms with van der Waals surface area (Å²) in [6.45, 7) is 5.50. The fourth-order valence-electron chi connectivity index (χ4n) is 4.73. The average molecular weight is 388 g/mol. The zero-order valence-corrected chi connectivity index (χ0v) is 17.3. The maximum Gasteiger partial charge on any atom is 0.338 e. The van der Waals surface area contributed by atoms with Crippen molar-refractivity contribution in [2.45, 2.75) is 45.1 Å². The molecule has 3 heteroatoms. The zero-order chi connectivity index (χ0) is 20.2. The van der Waals surface area contributed by atoms with Gasteiger partial charge in [0.15, 0.2) is 0 Å². The first-order chi connectivity index (χ1) is 14.2. The van der Waals surface area contributed by atoms with Gasteiger partial charge in [0.25, 0.3) is 0 Å². The Morgan fingerprint density at radius 3 is 2.48 bits per heavy atom. The molecule has 0 aliphatic heterocycles. The van der Waals surface area contributed by atoms with Crippen molar-refractivity contribution in [2.75, 3.05) is 18.1 Å². The van der Waals surface area contributed by atoms with Crippen LogP contribution in [0.2, 0.25) is 0 Å². The Morgan fingerprint density at radius 2 is 1.72 bits per heavy atom. The van der Waals surface area contributed by atoms with E-state index in [-0.39, 0.29) is 5.97 Å². The molecule has 2 atom stereocenters. The first-order valence-electron chi connectivity index (χ1n) is 10.7. The third kappa shape index (κ3) is 4.00. The third-order valence-electron chi connectivity index (χ3n) is 6.16. The molecule has 0 radical (unpaired) electrons. The summed E-state index contributed by atoms with van der Waals surface area (Å²) in [5.41, 5.74) is 3.31. The molecule has 0 amide bonds. The summed E-state index contributed by atoms with van der Waals surface area (Å²) in [6.07, 6.45) is 3.53. The highest BCUT2D eigenvalue weighted by Gasteiger charge is 2.30. The second kappa shape index (κ2) is 8.69. The highest BCUT2D eigenvalue weighted by Crippen LogP contribution is 2.40. The van der Waals surface area contributed by atoms with Gasteiger partial charge in [-0.25, -0.2) is 4.79 Å². The van der Waals surface area contributed by atoms with Crippen LogP contribution in [0, 0.1) is 0 Å². The van der Waals surface area contributed by atoms with Gasteiger partial charge in [-0.1, -0.05) is 48.5 Å². The van der Waals surface area contributed by atoms with Gasteiger partial charge in [0, 0.05) is 23.7 Å². The number of hydrogen-bond donors (Lipinski definition) is 0. The molecule has 0 aromatic heterocycles. The lowest BCUT2D eigenvalue weighted by molar-refractivity contribution is 0.0526. The standard InChI is InChI=1S/C26H29NO2/c1-3-27(25-11-7-9-20-8-5-6-10-24(20)25)23-17-16-22(18-23)19-12-14-21(15-13-19)26(28)29-4-2/h5-15,22-23H,3-4,16-18H2,1-2H3. The van der Waals surface area contributed by atoms with Crippen molar-refractivity contribution in [1.29, 1.82) is 0 Å². The molecule has 0 bridgehead atoms. The van der Waals surface area contributed by atoms with E-state index in [0.29, 0.717) is 24.1 Å². The Bertz CT molecular complexity index is 974. The van der Waals surface area contributed by atoms with Crippen LogP contribution in [0.25, 0.3) is 10.8 Å². The predicted molar refractivity (Wildman–Crippen MR) is 120 cm³/mol. The number of carbonyl (C=O) groups excluding carboxylic acids is 1. The van der Waals surface area contributed by atoms with Gasteiger partial charge in [0.2, 0.25) is 0 Å². The molecule has 0 saturated heterocycles. The molecule has 29 heavy (non-hydrogen) atoms. The summed E-state index contributed by atoms with van der Waals surface area (Å²) in [5, 5.41) is 2.63. The van der Waals surface area contributed by atoms with E-state index in [0.717, 1.165) is 13.0 Å². The Hall–Kier alpha value is -2.81. The van der Waals surface area contributed by atoms with Crippen LogP contribution in [0.3, 0.4) is 0 Å². The Morgan fingerprint density at radius 1 is 0.966 bits per heavy atom. The van der Waals surface area contributed by atoms with Crippen LogP contribution in [0.5, 0.6) is 0 Å². The summed E-state index contributed by atoms with van der Waals surface area (Å²) < 4.78 is 5.09. The molecule has 1 fully saturated rings. The second-order valence-corrected chi connectivity index (χ2v) is 7.79. The third-order valence-corrected chi connectivity index (χ3v) is 6.16. The summed E-state index contributed by atoms with van der Waals surface area (Å²) in [5.74, 6) is 0.303. The van der Waals surface area contributed by atoms with Crippen molar-refractivity contribution in [1.82, 2.24) is 0 Å². The van der Waals surface area contributed by atoms with Crippen LogP contribution in [0.4, 0.5) is 5.69 Å². The van der Waals surface area contributed by atoms with Crippen molar-refractivity contribution >= 4 is 22.4 Å². The average Bonchev–Trinajstić information content (AvgIpc) is 3.25. The van der Waals surface area contributed by atoms with E-state index in [1.54, 1.807) is 0 Å². The molecule has 0 N–H and O–H groups in total. The van der Waals surface area contributed by atoms with Crippen LogP contribution in [-0.4, -0.2) is 25.2 Å². The monoisotopic (exact) mass is 387 g/mol. The molecule has 0 spiro atoms. The second-order valence-electron chi connectivity index (χ2n) is 7.79. The van der Waals surface area contributed by atoms with Gasteiger partial charge >= 0.3 is 5.97 Å². The lowest BCUT2D eigenvalue weighted by Gasteiger charge is -2.31. The molecule has 2 unspecified atom stereocenters. The molecular weight excluding hydrogens is 358 g/mol. The number of rotatable bonds is 6. The Labute approximate surface area is 173 Å². The molecular formula is C26H29NO2. The first-order valence-corrected chi connectivity index (χ1v) is 10.7. The highest BCUT2D eigenvalue weighted by molar-refractivity contribution is 5.94. The number of anilines is 1. The molecule has 1 saturated carbocycles. The zero-order valence-electron chi connectivity index (χ0n) is 17.3. The molecule has 150 valence electrons. The van der Waals surface area contributed by atoms with E-state index >= 15 is 0 Å². The van der Waals surface area contributed by atoms with Gasteiger partial charge in [-0.15, -0.1) is 0 Å². The first kappa shape index (κ1) is 19.5. The fraction of sp³-hybridized carbons (Fsp3) is 0.346. The minimum Gasteiger partial charge on any atom is -0.462 e. The van der Waals surface area contributed by atoms with Gasteiger partial charge in [0.1, 0.15) is 0 Å². The van der Waals surface area contributed by atoms with Crippen molar-refractivity contribution in [2.24, 2.45) is 0 Å². The smallest absolute Gasteiger partial charge is 0.338 e. The van der Waals surface area contributed by atoms with Crippen molar-refractivity contribution in [3.8, 4) is 0 Å². The number of carbonyl (C=O) groups is 1. The maximum absolute atomic E-state index is 11.9. The van der Waals surface area contributed by atoms with E-state index in [1.807, 2.05) is 19.1 Å². The van der Waals surface area contributed by atoms with Gasteiger partial charge in [-0.3, -0.25) is 0 Å². The predicted octanol–water partition coefficient (Wildman–Crippen LogP) is 6.18. The van der Waals surface area contributed by atoms with Crippen LogP contribution in [0.1, 0.15) is 54.9 Å². The summed E-state index contributed by atoms with van der Waals surface area (Å²) >= 11 is 0. The van der Waals surface area contributed by atoms with Crippen LogP contribution >= 0.6 is 0 Å². The normalized spacial score (nSPS) is 18.7. The SMILES string of the molecule is CCOC(=O)c1ccc(C2CCC(N(CC)c3cccc4ccccc34)C2)cc1. The molecule has 1 aliphatic rings. The van der Waals surface area contributed by atoms with E-state index in [9.17, 15) is 4.79 Å². The van der Waals surface area contributed by atoms with Gasteiger partial charge in [-0.2, -0.15) is 0 Å². The number of esters is 1. The van der Waals surface area contributed by atoms with Crippen LogP contribution in [0.15, 0.2) is 66.7 Å². The number of ether oxygens (including phenoxy) is 1. The van der Waals surface area contributed by atoms with E-state index in [4.69, 9.17) is 4.74 Å².